The number of fused-ring (bicyclic) bond motifs is 1. The Bertz CT molecular complexity index is 720. The quantitative estimate of drug-likeness (QED) is 0.940. The van der Waals surface area contributed by atoms with Crippen molar-refractivity contribution in [3.8, 4) is 0 Å². The first-order chi connectivity index (χ1) is 10.7. The zero-order chi connectivity index (χ0) is 16.8. The number of furan rings is 1. The van der Waals surface area contributed by atoms with E-state index in [4.69, 9.17) is 8.94 Å². The van der Waals surface area contributed by atoms with Gasteiger partial charge in [0.25, 0.3) is 0 Å². The summed E-state index contributed by atoms with van der Waals surface area (Å²) in [7, 11) is 0. The molecule has 2 heterocycles. The van der Waals surface area contributed by atoms with Gasteiger partial charge in [0.2, 0.25) is 5.91 Å². The van der Waals surface area contributed by atoms with E-state index in [0.717, 1.165) is 41.2 Å². The van der Waals surface area contributed by atoms with Crippen LogP contribution in [0.25, 0.3) is 0 Å². The normalized spacial score (nSPS) is 19.4. The van der Waals surface area contributed by atoms with E-state index in [0.29, 0.717) is 12.2 Å². The molecule has 2 aromatic rings. The molecule has 5 heteroatoms. The summed E-state index contributed by atoms with van der Waals surface area (Å²) in [6.07, 6.45) is 2.11. The molecule has 23 heavy (non-hydrogen) atoms. The van der Waals surface area contributed by atoms with Crippen molar-refractivity contribution in [2.45, 2.75) is 59.9 Å². The predicted octanol–water partition coefficient (Wildman–Crippen LogP) is 3.57. The fourth-order valence-corrected chi connectivity index (χ4v) is 3.47. The number of rotatable bonds is 3. The van der Waals surface area contributed by atoms with E-state index in [9.17, 15) is 4.79 Å². The Hall–Kier alpha value is -2.04. The third kappa shape index (κ3) is 3.19. The summed E-state index contributed by atoms with van der Waals surface area (Å²) >= 11 is 0. The van der Waals surface area contributed by atoms with Crippen LogP contribution in [0.3, 0.4) is 0 Å². The van der Waals surface area contributed by atoms with Gasteiger partial charge >= 0.3 is 0 Å². The van der Waals surface area contributed by atoms with Gasteiger partial charge in [-0.05, 0) is 38.7 Å². The van der Waals surface area contributed by atoms with Crippen molar-refractivity contribution >= 4 is 5.91 Å². The number of nitrogens with one attached hydrogen (secondary N) is 1. The summed E-state index contributed by atoms with van der Waals surface area (Å²) in [6.45, 7) is 10.1. The van der Waals surface area contributed by atoms with Crippen LogP contribution in [-0.4, -0.2) is 11.1 Å². The fraction of sp³-hybridized carbons (Fsp3) is 0.556. The second kappa shape index (κ2) is 5.55. The van der Waals surface area contributed by atoms with Gasteiger partial charge in [-0.15, -0.1) is 0 Å². The fourth-order valence-electron chi connectivity index (χ4n) is 3.47. The first kappa shape index (κ1) is 15.8. The molecular formula is C18H24N2O3. The van der Waals surface area contributed by atoms with E-state index >= 15 is 0 Å². The smallest absolute Gasteiger partial charge is 0.225 e. The molecule has 0 saturated heterocycles. The first-order valence-electron chi connectivity index (χ1n) is 8.05. The highest BCUT2D eigenvalue weighted by atomic mass is 16.5. The molecule has 1 aliphatic rings. The maximum atomic E-state index is 12.5. The summed E-state index contributed by atoms with van der Waals surface area (Å²) in [5, 5.41) is 7.08. The number of carbonyl (C=O) groups excluding carboxylic acids is 1. The molecule has 0 fully saturated rings. The molecule has 1 atom stereocenters. The average Bonchev–Trinajstić information content (AvgIpc) is 2.94. The summed E-state index contributed by atoms with van der Waals surface area (Å²) < 4.78 is 11.0. The van der Waals surface area contributed by atoms with Crippen LogP contribution in [0.1, 0.15) is 60.4 Å². The second-order valence-electron chi connectivity index (χ2n) is 7.38. The van der Waals surface area contributed by atoms with Gasteiger partial charge in [0.15, 0.2) is 0 Å². The zero-order valence-electron chi connectivity index (χ0n) is 14.4. The van der Waals surface area contributed by atoms with Crippen molar-refractivity contribution in [3.05, 3.63) is 40.2 Å². The SMILES string of the molecule is Cc1cc2c(o1)CC(C)(C)C[C@H]2NC(=O)Cc1c(C)noc1C. The number of nitrogens with zero attached hydrogens (tertiary/aromatic N) is 1. The van der Waals surface area contributed by atoms with Crippen LogP contribution in [0, 0.1) is 26.2 Å². The predicted molar refractivity (Wildman–Crippen MR) is 86.1 cm³/mol. The molecule has 124 valence electrons. The Morgan fingerprint density at radius 3 is 2.78 bits per heavy atom. The second-order valence-corrected chi connectivity index (χ2v) is 7.38. The van der Waals surface area contributed by atoms with Crippen LogP contribution in [-0.2, 0) is 17.6 Å². The molecule has 5 nitrogen and oxygen atoms in total. The minimum absolute atomic E-state index is 0.000766. The van der Waals surface area contributed by atoms with Gasteiger partial charge < -0.3 is 14.3 Å². The monoisotopic (exact) mass is 316 g/mol. The Kier molecular flexibility index (Phi) is 3.82. The largest absolute Gasteiger partial charge is 0.466 e. The van der Waals surface area contributed by atoms with Crippen molar-refractivity contribution in [2.24, 2.45) is 5.41 Å². The molecule has 0 aliphatic heterocycles. The van der Waals surface area contributed by atoms with Gasteiger partial charge in [0, 0.05) is 17.5 Å². The van der Waals surface area contributed by atoms with Crippen LogP contribution < -0.4 is 5.32 Å². The van der Waals surface area contributed by atoms with Gasteiger partial charge in [-0.1, -0.05) is 19.0 Å². The number of aromatic nitrogens is 1. The minimum atomic E-state index is -0.00750. The molecule has 1 amide bonds. The molecule has 0 radical (unpaired) electrons. The summed E-state index contributed by atoms with van der Waals surface area (Å²) in [4.78, 5) is 12.5. The van der Waals surface area contributed by atoms with Crippen molar-refractivity contribution in [1.82, 2.24) is 10.5 Å². The molecule has 3 rings (SSSR count). The molecule has 0 saturated carbocycles. The number of amides is 1. The molecule has 1 aliphatic carbocycles. The van der Waals surface area contributed by atoms with E-state index in [-0.39, 0.29) is 17.4 Å². The van der Waals surface area contributed by atoms with Gasteiger partial charge in [0.1, 0.15) is 17.3 Å². The van der Waals surface area contributed by atoms with Crippen LogP contribution in [0.5, 0.6) is 0 Å². The Morgan fingerprint density at radius 2 is 2.13 bits per heavy atom. The first-order valence-corrected chi connectivity index (χ1v) is 8.05. The topological polar surface area (TPSA) is 68.3 Å². The molecular weight excluding hydrogens is 292 g/mol. The van der Waals surface area contributed by atoms with Gasteiger partial charge in [-0.3, -0.25) is 4.79 Å². The number of hydrogen-bond donors (Lipinski definition) is 1. The highest BCUT2D eigenvalue weighted by Crippen LogP contribution is 2.42. The highest BCUT2D eigenvalue weighted by molar-refractivity contribution is 5.79. The van der Waals surface area contributed by atoms with Gasteiger partial charge in [-0.2, -0.15) is 0 Å². The van der Waals surface area contributed by atoms with E-state index in [2.05, 4.69) is 24.3 Å². The van der Waals surface area contributed by atoms with Crippen molar-refractivity contribution in [3.63, 3.8) is 0 Å². The lowest BCUT2D eigenvalue weighted by molar-refractivity contribution is -0.121. The average molecular weight is 316 g/mol. The molecule has 0 unspecified atom stereocenters. The lowest BCUT2D eigenvalue weighted by atomic mass is 9.74. The zero-order valence-corrected chi connectivity index (χ0v) is 14.4. The maximum absolute atomic E-state index is 12.5. The van der Waals surface area contributed by atoms with E-state index in [1.807, 2.05) is 26.8 Å². The summed E-state index contributed by atoms with van der Waals surface area (Å²) in [5.74, 6) is 2.60. The van der Waals surface area contributed by atoms with Gasteiger partial charge in [0.05, 0.1) is 18.2 Å². The number of hydrogen-bond acceptors (Lipinski definition) is 4. The van der Waals surface area contributed by atoms with Gasteiger partial charge in [-0.25, -0.2) is 0 Å². The Morgan fingerprint density at radius 1 is 1.39 bits per heavy atom. The molecule has 0 bridgehead atoms. The number of carbonyl (C=O) groups is 1. The summed E-state index contributed by atoms with van der Waals surface area (Å²) in [6, 6.07) is 2.05. The standard InChI is InChI=1S/C18H24N2O3/c1-10-6-14-15(8-18(4,5)9-16(14)22-10)19-17(21)7-13-11(2)20-23-12(13)3/h6,15H,7-9H2,1-5H3,(H,19,21)/t15-/m1/s1. The van der Waals surface area contributed by atoms with E-state index < -0.39 is 0 Å². The minimum Gasteiger partial charge on any atom is -0.466 e. The van der Waals surface area contributed by atoms with E-state index in [1.165, 1.54) is 0 Å². The summed E-state index contributed by atoms with van der Waals surface area (Å²) in [5.41, 5.74) is 2.88. The van der Waals surface area contributed by atoms with Crippen molar-refractivity contribution in [1.29, 1.82) is 0 Å². The third-order valence-electron chi connectivity index (χ3n) is 4.59. The highest BCUT2D eigenvalue weighted by Gasteiger charge is 2.35. The molecule has 0 aromatic carbocycles. The van der Waals surface area contributed by atoms with Crippen LogP contribution in [0.2, 0.25) is 0 Å². The lowest BCUT2D eigenvalue weighted by Crippen LogP contribution is -2.36. The third-order valence-corrected chi connectivity index (χ3v) is 4.59. The maximum Gasteiger partial charge on any atom is 0.225 e. The van der Waals surface area contributed by atoms with Crippen LogP contribution in [0.4, 0.5) is 0 Å². The van der Waals surface area contributed by atoms with Crippen LogP contribution in [0.15, 0.2) is 15.0 Å². The Balaban J connectivity index is 1.78. The Labute approximate surface area is 136 Å². The van der Waals surface area contributed by atoms with Crippen LogP contribution >= 0.6 is 0 Å². The molecule has 0 spiro atoms. The lowest BCUT2D eigenvalue weighted by Gasteiger charge is -2.34. The van der Waals surface area contributed by atoms with Crippen molar-refractivity contribution < 1.29 is 13.7 Å². The van der Waals surface area contributed by atoms with E-state index in [1.54, 1.807) is 0 Å². The molecule has 1 N–H and O–H groups in total. The number of aryl methyl sites for hydroxylation is 3. The molecule has 2 aromatic heterocycles. The van der Waals surface area contributed by atoms with Crippen molar-refractivity contribution in [2.75, 3.05) is 0 Å².